The second-order valence-corrected chi connectivity index (χ2v) is 4.97. The van der Waals surface area contributed by atoms with Crippen LogP contribution in [-0.4, -0.2) is 6.61 Å². The molecule has 0 radical (unpaired) electrons. The van der Waals surface area contributed by atoms with Gasteiger partial charge in [0, 0.05) is 10.3 Å². The molecule has 0 aliphatic carbocycles. The molecule has 2 heterocycles. The monoisotopic (exact) mass is 194 g/mol. The summed E-state index contributed by atoms with van der Waals surface area (Å²) in [5.41, 5.74) is -0.0548. The van der Waals surface area contributed by atoms with Crippen LogP contribution in [0.15, 0.2) is 30.2 Å². The SMILES string of the molecule is C=CC(C)(C)C1(c2cccs2)CO1. The van der Waals surface area contributed by atoms with Crippen LogP contribution in [0.2, 0.25) is 0 Å². The second kappa shape index (κ2) is 2.69. The predicted octanol–water partition coefficient (Wildman–Crippen LogP) is 3.19. The number of ether oxygens (including phenoxy) is 1. The molecule has 0 bridgehead atoms. The van der Waals surface area contributed by atoms with Crippen molar-refractivity contribution >= 4 is 11.3 Å². The van der Waals surface area contributed by atoms with Crippen LogP contribution < -0.4 is 0 Å². The predicted molar refractivity (Wildman–Crippen MR) is 55.9 cm³/mol. The first-order valence-corrected chi connectivity index (χ1v) is 5.32. The molecule has 1 nitrogen and oxygen atoms in total. The van der Waals surface area contributed by atoms with Crippen LogP contribution in [0.25, 0.3) is 0 Å². The first-order valence-electron chi connectivity index (χ1n) is 4.44. The molecule has 1 atom stereocenters. The van der Waals surface area contributed by atoms with Crippen molar-refractivity contribution < 1.29 is 4.74 Å². The van der Waals surface area contributed by atoms with Gasteiger partial charge >= 0.3 is 0 Å². The average molecular weight is 194 g/mol. The van der Waals surface area contributed by atoms with Gasteiger partial charge in [0.25, 0.3) is 0 Å². The minimum absolute atomic E-state index is 0.0256. The smallest absolute Gasteiger partial charge is 0.134 e. The van der Waals surface area contributed by atoms with Crippen molar-refractivity contribution in [1.29, 1.82) is 0 Å². The van der Waals surface area contributed by atoms with Crippen molar-refractivity contribution in [1.82, 2.24) is 0 Å². The van der Waals surface area contributed by atoms with E-state index < -0.39 is 0 Å². The Morgan fingerprint density at radius 3 is 2.77 bits per heavy atom. The zero-order chi connectivity index (χ0) is 9.53. The molecule has 13 heavy (non-hydrogen) atoms. The third kappa shape index (κ3) is 1.17. The molecule has 0 spiro atoms. The number of epoxide rings is 1. The molecule has 1 fully saturated rings. The van der Waals surface area contributed by atoms with Gasteiger partial charge in [-0.05, 0) is 11.4 Å². The fraction of sp³-hybridized carbons (Fsp3) is 0.455. The molecule has 1 aromatic rings. The van der Waals surface area contributed by atoms with E-state index in [1.807, 2.05) is 6.08 Å². The molecule has 2 rings (SSSR count). The van der Waals surface area contributed by atoms with Crippen LogP contribution in [0.4, 0.5) is 0 Å². The summed E-state index contributed by atoms with van der Waals surface area (Å²) in [6.45, 7) is 9.05. The van der Waals surface area contributed by atoms with Gasteiger partial charge in [-0.3, -0.25) is 0 Å². The number of thiophene rings is 1. The molecule has 0 N–H and O–H groups in total. The maximum absolute atomic E-state index is 5.64. The molecule has 1 aliphatic heterocycles. The van der Waals surface area contributed by atoms with E-state index in [1.165, 1.54) is 4.88 Å². The summed E-state index contributed by atoms with van der Waals surface area (Å²) in [5, 5.41) is 2.10. The molecule has 0 amide bonds. The summed E-state index contributed by atoms with van der Waals surface area (Å²) in [5.74, 6) is 0. The van der Waals surface area contributed by atoms with Gasteiger partial charge in [-0.1, -0.05) is 26.0 Å². The van der Waals surface area contributed by atoms with Crippen LogP contribution in [0.5, 0.6) is 0 Å². The van der Waals surface area contributed by atoms with Gasteiger partial charge in [0.1, 0.15) is 5.60 Å². The Morgan fingerprint density at radius 2 is 2.38 bits per heavy atom. The fourth-order valence-electron chi connectivity index (χ4n) is 1.58. The average Bonchev–Trinajstić information content (AvgIpc) is 2.77. The Labute approximate surface area is 83.0 Å². The van der Waals surface area contributed by atoms with Crippen molar-refractivity contribution in [3.63, 3.8) is 0 Å². The Hall–Kier alpha value is -0.600. The third-order valence-electron chi connectivity index (χ3n) is 2.90. The number of rotatable bonds is 3. The van der Waals surface area contributed by atoms with Crippen LogP contribution >= 0.6 is 11.3 Å². The van der Waals surface area contributed by atoms with Crippen molar-refractivity contribution in [2.24, 2.45) is 5.41 Å². The van der Waals surface area contributed by atoms with Crippen molar-refractivity contribution in [2.75, 3.05) is 6.61 Å². The maximum Gasteiger partial charge on any atom is 0.134 e. The van der Waals surface area contributed by atoms with Crippen molar-refractivity contribution in [2.45, 2.75) is 19.4 Å². The third-order valence-corrected chi connectivity index (χ3v) is 3.92. The maximum atomic E-state index is 5.64. The number of hydrogen-bond donors (Lipinski definition) is 0. The van der Waals surface area contributed by atoms with Crippen LogP contribution in [0, 0.1) is 5.41 Å². The summed E-state index contributed by atoms with van der Waals surface area (Å²) < 4.78 is 5.64. The summed E-state index contributed by atoms with van der Waals surface area (Å²) in [7, 11) is 0. The van der Waals surface area contributed by atoms with Gasteiger partial charge in [-0.25, -0.2) is 0 Å². The largest absolute Gasteiger partial charge is 0.363 e. The standard InChI is InChI=1S/C11H14OS/c1-4-10(2,3)11(8-12-11)9-6-5-7-13-9/h4-7H,1,8H2,2-3H3. The van der Waals surface area contributed by atoms with Gasteiger partial charge in [-0.15, -0.1) is 17.9 Å². The molecule has 1 aromatic heterocycles. The summed E-state index contributed by atoms with van der Waals surface area (Å²) in [6, 6.07) is 4.21. The van der Waals surface area contributed by atoms with Crippen molar-refractivity contribution in [3.8, 4) is 0 Å². The van der Waals surface area contributed by atoms with E-state index >= 15 is 0 Å². The zero-order valence-corrected chi connectivity index (χ0v) is 8.86. The Bertz CT molecular complexity index is 307. The van der Waals surface area contributed by atoms with E-state index in [9.17, 15) is 0 Å². The highest BCUT2D eigenvalue weighted by Crippen LogP contribution is 2.54. The molecular formula is C11H14OS. The molecule has 70 valence electrons. The normalized spacial score (nSPS) is 27.2. The molecule has 1 unspecified atom stereocenters. The molecule has 0 saturated carbocycles. The molecule has 1 saturated heterocycles. The minimum atomic E-state index is -0.0804. The lowest BCUT2D eigenvalue weighted by Gasteiger charge is -2.27. The van der Waals surface area contributed by atoms with Gasteiger partial charge in [0.05, 0.1) is 6.61 Å². The van der Waals surface area contributed by atoms with Gasteiger partial charge in [-0.2, -0.15) is 0 Å². The van der Waals surface area contributed by atoms with E-state index in [0.717, 1.165) is 6.61 Å². The van der Waals surface area contributed by atoms with Gasteiger partial charge < -0.3 is 4.74 Å². The lowest BCUT2D eigenvalue weighted by atomic mass is 9.78. The topological polar surface area (TPSA) is 12.5 Å². The number of hydrogen-bond acceptors (Lipinski definition) is 2. The fourth-order valence-corrected chi connectivity index (χ4v) is 2.61. The first-order chi connectivity index (χ1) is 6.12. The molecular weight excluding hydrogens is 180 g/mol. The summed E-state index contributed by atoms with van der Waals surface area (Å²) in [4.78, 5) is 1.32. The van der Waals surface area contributed by atoms with Gasteiger partial charge in [0.15, 0.2) is 0 Å². The van der Waals surface area contributed by atoms with Gasteiger partial charge in [0.2, 0.25) is 0 Å². The quantitative estimate of drug-likeness (QED) is 0.532. The highest BCUT2D eigenvalue weighted by atomic mass is 32.1. The van der Waals surface area contributed by atoms with E-state index in [0.29, 0.717) is 0 Å². The molecule has 1 aliphatic rings. The summed E-state index contributed by atoms with van der Waals surface area (Å²) >= 11 is 1.76. The molecule has 0 aromatic carbocycles. The Kier molecular flexibility index (Phi) is 1.86. The highest BCUT2D eigenvalue weighted by molar-refractivity contribution is 7.10. The lowest BCUT2D eigenvalue weighted by molar-refractivity contribution is 0.187. The first kappa shape index (κ1) is 8.97. The van der Waals surface area contributed by atoms with E-state index in [4.69, 9.17) is 4.74 Å². The van der Waals surface area contributed by atoms with Crippen LogP contribution in [0.1, 0.15) is 18.7 Å². The highest BCUT2D eigenvalue weighted by Gasteiger charge is 2.57. The van der Waals surface area contributed by atoms with E-state index in [-0.39, 0.29) is 11.0 Å². The van der Waals surface area contributed by atoms with Crippen LogP contribution in [0.3, 0.4) is 0 Å². The summed E-state index contributed by atoms with van der Waals surface area (Å²) in [6.07, 6.45) is 1.99. The van der Waals surface area contributed by atoms with E-state index in [2.05, 4.69) is 37.9 Å². The Balaban J connectivity index is 2.37. The van der Waals surface area contributed by atoms with E-state index in [1.54, 1.807) is 11.3 Å². The zero-order valence-electron chi connectivity index (χ0n) is 8.04. The molecule has 2 heteroatoms. The van der Waals surface area contributed by atoms with Crippen molar-refractivity contribution in [3.05, 3.63) is 35.0 Å². The van der Waals surface area contributed by atoms with Crippen LogP contribution in [-0.2, 0) is 10.3 Å². The minimum Gasteiger partial charge on any atom is -0.363 e. The second-order valence-electron chi connectivity index (χ2n) is 4.02. The Morgan fingerprint density at radius 1 is 1.69 bits per heavy atom. The lowest BCUT2D eigenvalue weighted by Crippen LogP contribution is -2.27.